The molecule has 0 spiro atoms. The van der Waals surface area contributed by atoms with E-state index >= 15 is 0 Å². The van der Waals surface area contributed by atoms with Gasteiger partial charge in [-0.1, -0.05) is 0 Å². The molecule has 0 unspecified atom stereocenters. The van der Waals surface area contributed by atoms with E-state index in [4.69, 9.17) is 10.5 Å². The number of rotatable bonds is 2. The van der Waals surface area contributed by atoms with Gasteiger partial charge >= 0.3 is 0 Å². The van der Waals surface area contributed by atoms with E-state index in [1.54, 1.807) is 23.0 Å². The van der Waals surface area contributed by atoms with Crippen LogP contribution in [0, 0.1) is 6.92 Å². The van der Waals surface area contributed by atoms with Crippen LogP contribution in [0.25, 0.3) is 22.4 Å². The molecule has 8 nitrogen and oxygen atoms in total. The van der Waals surface area contributed by atoms with Crippen molar-refractivity contribution in [3.63, 3.8) is 0 Å². The first-order valence-corrected chi connectivity index (χ1v) is 7.42. The minimum Gasteiger partial charge on any atom is -0.379 e. The minimum atomic E-state index is -0.152. The van der Waals surface area contributed by atoms with Gasteiger partial charge in [0.1, 0.15) is 11.5 Å². The van der Waals surface area contributed by atoms with Crippen molar-refractivity contribution in [1.82, 2.24) is 24.5 Å². The first kappa shape index (κ1) is 13.9. The predicted octanol–water partition coefficient (Wildman–Crippen LogP) is 1.03. The molecule has 1 atom stereocenters. The van der Waals surface area contributed by atoms with E-state index in [9.17, 15) is 4.79 Å². The monoisotopic (exact) mass is 312 g/mol. The molecule has 3 aromatic heterocycles. The molecule has 8 heteroatoms. The van der Waals surface area contributed by atoms with Gasteiger partial charge in [-0.05, 0) is 19.4 Å². The molecule has 0 aromatic carbocycles. The zero-order valence-electron chi connectivity index (χ0n) is 12.6. The molecule has 118 valence electrons. The smallest absolute Gasteiger partial charge is 0.263 e. The normalized spacial score (nSPS) is 17.9. The summed E-state index contributed by atoms with van der Waals surface area (Å²) in [6, 6.07) is 1.71. The van der Waals surface area contributed by atoms with Gasteiger partial charge in [0.15, 0.2) is 0 Å². The lowest BCUT2D eigenvalue weighted by atomic mass is 10.1. The van der Waals surface area contributed by atoms with Gasteiger partial charge in [-0.15, -0.1) is 0 Å². The Hall–Kier alpha value is -2.74. The van der Waals surface area contributed by atoms with Crippen molar-refractivity contribution >= 4 is 17.0 Å². The number of nitrogens with two attached hydrogens (primary N) is 1. The van der Waals surface area contributed by atoms with Crippen molar-refractivity contribution < 1.29 is 4.74 Å². The van der Waals surface area contributed by atoms with Crippen LogP contribution in [0.3, 0.4) is 0 Å². The quantitative estimate of drug-likeness (QED) is 0.731. The summed E-state index contributed by atoms with van der Waals surface area (Å²) in [5.74, 6) is 0.689. The van der Waals surface area contributed by atoms with Crippen LogP contribution in [-0.2, 0) is 4.74 Å². The van der Waals surface area contributed by atoms with Crippen LogP contribution < -0.4 is 11.3 Å². The molecular weight excluding hydrogens is 296 g/mol. The zero-order valence-corrected chi connectivity index (χ0v) is 12.6. The summed E-state index contributed by atoms with van der Waals surface area (Å²) >= 11 is 0. The first-order chi connectivity index (χ1) is 11.1. The Bertz CT molecular complexity index is 925. The lowest BCUT2D eigenvalue weighted by Crippen LogP contribution is -2.28. The highest BCUT2D eigenvalue weighted by molar-refractivity contribution is 5.83. The molecule has 4 rings (SSSR count). The highest BCUT2D eigenvalue weighted by Gasteiger charge is 2.24. The maximum Gasteiger partial charge on any atom is 0.263 e. The zero-order chi connectivity index (χ0) is 16.0. The summed E-state index contributed by atoms with van der Waals surface area (Å²) in [5.41, 5.74) is 7.40. The molecule has 1 fully saturated rings. The van der Waals surface area contributed by atoms with Crippen LogP contribution in [0.5, 0.6) is 0 Å². The molecule has 0 amide bonds. The maximum atomic E-state index is 13.0. The Kier molecular flexibility index (Phi) is 3.12. The summed E-state index contributed by atoms with van der Waals surface area (Å²) in [6.07, 6.45) is 4.07. The number of hydrogen-bond donors (Lipinski definition) is 2. The number of aromatic amines is 1. The number of aromatic nitrogens is 5. The third kappa shape index (κ3) is 2.18. The van der Waals surface area contributed by atoms with E-state index < -0.39 is 0 Å². The number of pyridine rings is 1. The van der Waals surface area contributed by atoms with E-state index in [0.29, 0.717) is 30.2 Å². The molecule has 4 heterocycles. The first-order valence-electron chi connectivity index (χ1n) is 7.42. The Morgan fingerprint density at radius 3 is 3.00 bits per heavy atom. The topological polar surface area (TPSA) is 112 Å². The summed E-state index contributed by atoms with van der Waals surface area (Å²) in [6.45, 7) is 2.97. The third-order valence-electron chi connectivity index (χ3n) is 4.12. The van der Waals surface area contributed by atoms with Gasteiger partial charge in [0.25, 0.3) is 5.56 Å². The molecule has 0 saturated carbocycles. The fourth-order valence-corrected chi connectivity index (χ4v) is 3.02. The van der Waals surface area contributed by atoms with Crippen molar-refractivity contribution in [3.05, 3.63) is 34.5 Å². The molecule has 0 aliphatic carbocycles. The third-order valence-corrected chi connectivity index (χ3v) is 4.12. The van der Waals surface area contributed by atoms with Gasteiger partial charge in [-0.25, -0.2) is 9.97 Å². The van der Waals surface area contributed by atoms with Crippen LogP contribution in [-0.4, -0.2) is 37.7 Å². The summed E-state index contributed by atoms with van der Waals surface area (Å²) in [4.78, 5) is 28.7. The van der Waals surface area contributed by atoms with Gasteiger partial charge in [0.2, 0.25) is 5.95 Å². The van der Waals surface area contributed by atoms with Crippen LogP contribution in [0.2, 0.25) is 0 Å². The molecule has 0 radical (unpaired) electrons. The number of nitrogens with zero attached hydrogens (tertiary/aromatic N) is 4. The molecular formula is C15H16N6O2. The molecule has 23 heavy (non-hydrogen) atoms. The maximum absolute atomic E-state index is 13.0. The molecule has 1 saturated heterocycles. The number of aryl methyl sites for hydroxylation is 1. The van der Waals surface area contributed by atoms with E-state index in [0.717, 1.165) is 17.5 Å². The second-order valence-corrected chi connectivity index (χ2v) is 5.59. The van der Waals surface area contributed by atoms with Gasteiger partial charge in [0.05, 0.1) is 23.9 Å². The predicted molar refractivity (Wildman–Crippen MR) is 85.0 cm³/mol. The van der Waals surface area contributed by atoms with Crippen molar-refractivity contribution in [1.29, 1.82) is 0 Å². The van der Waals surface area contributed by atoms with E-state index in [1.165, 1.54) is 0 Å². The molecule has 1 aliphatic heterocycles. The summed E-state index contributed by atoms with van der Waals surface area (Å²) in [5, 5.41) is 0.789. The number of imidazole rings is 1. The van der Waals surface area contributed by atoms with Crippen molar-refractivity contribution in [2.24, 2.45) is 0 Å². The number of nitrogen functional groups attached to an aromatic ring is 1. The number of fused-ring (bicyclic) bond motifs is 1. The largest absolute Gasteiger partial charge is 0.379 e. The van der Waals surface area contributed by atoms with E-state index in [1.807, 2.05) is 6.92 Å². The van der Waals surface area contributed by atoms with E-state index in [-0.39, 0.29) is 17.5 Å². The van der Waals surface area contributed by atoms with Gasteiger partial charge < -0.3 is 15.5 Å². The fraction of sp³-hybridized carbons (Fsp3) is 0.333. The molecule has 1 aliphatic rings. The SMILES string of the molecule is Cc1nc(N)nc2c1cc(-c1ncc[nH]1)c(=O)n2[C@H]1CCOC1. The average molecular weight is 312 g/mol. The van der Waals surface area contributed by atoms with Crippen LogP contribution in [0.4, 0.5) is 5.95 Å². The van der Waals surface area contributed by atoms with Gasteiger partial charge in [0, 0.05) is 24.4 Å². The van der Waals surface area contributed by atoms with E-state index in [2.05, 4.69) is 19.9 Å². The van der Waals surface area contributed by atoms with Gasteiger partial charge in [-0.2, -0.15) is 4.98 Å². The number of nitrogens with one attached hydrogen (secondary N) is 1. The van der Waals surface area contributed by atoms with Crippen molar-refractivity contribution in [3.8, 4) is 11.4 Å². The number of ether oxygens (including phenoxy) is 1. The van der Waals surface area contributed by atoms with Crippen molar-refractivity contribution in [2.75, 3.05) is 18.9 Å². The highest BCUT2D eigenvalue weighted by atomic mass is 16.5. The van der Waals surface area contributed by atoms with Crippen LogP contribution in [0.1, 0.15) is 18.2 Å². The number of H-pyrrole nitrogens is 1. The van der Waals surface area contributed by atoms with Crippen LogP contribution in [0.15, 0.2) is 23.3 Å². The highest BCUT2D eigenvalue weighted by Crippen LogP contribution is 2.26. The average Bonchev–Trinajstić information content (AvgIpc) is 3.20. The standard InChI is InChI=1S/C15H16N6O2/c1-8-10-6-11(12-17-3-4-18-12)14(22)21(9-2-5-23-7-9)13(10)20-15(16)19-8/h3-4,6,9H,2,5,7H2,1H3,(H,17,18)(H2,16,19,20)/t9-/m0/s1. The Morgan fingerprint density at radius 2 is 2.30 bits per heavy atom. The summed E-state index contributed by atoms with van der Waals surface area (Å²) < 4.78 is 7.12. The second-order valence-electron chi connectivity index (χ2n) is 5.59. The molecule has 3 aromatic rings. The molecule has 3 N–H and O–H groups in total. The summed E-state index contributed by atoms with van der Waals surface area (Å²) in [7, 11) is 0. The number of anilines is 1. The lowest BCUT2D eigenvalue weighted by Gasteiger charge is -2.17. The fourth-order valence-electron chi connectivity index (χ4n) is 3.02. The Morgan fingerprint density at radius 1 is 1.43 bits per heavy atom. The van der Waals surface area contributed by atoms with Crippen LogP contribution >= 0.6 is 0 Å². The van der Waals surface area contributed by atoms with Crippen molar-refractivity contribution in [2.45, 2.75) is 19.4 Å². The molecule has 0 bridgehead atoms. The lowest BCUT2D eigenvalue weighted by molar-refractivity contribution is 0.186. The second kappa shape index (κ2) is 5.17. The number of hydrogen-bond acceptors (Lipinski definition) is 6. The minimum absolute atomic E-state index is 0.0615. The Labute approximate surface area is 131 Å². The van der Waals surface area contributed by atoms with Gasteiger partial charge in [-0.3, -0.25) is 9.36 Å². The Balaban J connectivity index is 2.10.